The van der Waals surface area contributed by atoms with Crippen molar-refractivity contribution in [1.82, 2.24) is 20.2 Å². The summed E-state index contributed by atoms with van der Waals surface area (Å²) < 4.78 is 0. The molecule has 0 aromatic carbocycles. The van der Waals surface area contributed by atoms with Gasteiger partial charge < -0.3 is 10.4 Å². The Kier molecular flexibility index (Phi) is 5.04. The van der Waals surface area contributed by atoms with Gasteiger partial charge >= 0.3 is 0 Å². The lowest BCUT2D eigenvalue weighted by Crippen LogP contribution is -2.40. The van der Waals surface area contributed by atoms with Gasteiger partial charge in [-0.05, 0) is 26.3 Å². The molecule has 0 aliphatic carbocycles. The summed E-state index contributed by atoms with van der Waals surface area (Å²) in [6.45, 7) is 5.04. The molecule has 1 aliphatic rings. The first-order valence-electron chi connectivity index (χ1n) is 6.65. The van der Waals surface area contributed by atoms with Crippen molar-refractivity contribution in [1.29, 1.82) is 0 Å². The molecule has 1 aliphatic heterocycles. The van der Waals surface area contributed by atoms with E-state index in [4.69, 9.17) is 0 Å². The fraction of sp³-hybridized carbons (Fsp3) is 0.692. The Balaban J connectivity index is 1.99. The van der Waals surface area contributed by atoms with Crippen LogP contribution in [-0.2, 0) is 0 Å². The maximum absolute atomic E-state index is 9.21. The lowest BCUT2D eigenvalue weighted by atomic mass is 10.1. The molecule has 0 radical (unpaired) electrons. The first-order valence-corrected chi connectivity index (χ1v) is 6.65. The van der Waals surface area contributed by atoms with Crippen LogP contribution in [0.5, 0.6) is 0 Å². The Morgan fingerprint density at radius 3 is 3.06 bits per heavy atom. The highest BCUT2D eigenvalue weighted by Gasteiger charge is 2.22. The zero-order valence-corrected chi connectivity index (χ0v) is 10.9. The monoisotopic (exact) mass is 250 g/mol. The Morgan fingerprint density at radius 2 is 2.44 bits per heavy atom. The average Bonchev–Trinajstić information content (AvgIpc) is 2.91. The molecule has 1 saturated heterocycles. The molecule has 2 rings (SSSR count). The summed E-state index contributed by atoms with van der Waals surface area (Å²) in [5.41, 5.74) is 0.962. The van der Waals surface area contributed by atoms with Crippen LogP contribution in [0.3, 0.4) is 0 Å². The summed E-state index contributed by atoms with van der Waals surface area (Å²) in [6.07, 6.45) is 7.67. The molecule has 2 unspecified atom stereocenters. The third kappa shape index (κ3) is 3.48. The van der Waals surface area contributed by atoms with Crippen LogP contribution in [0.25, 0.3) is 0 Å². The highest BCUT2D eigenvalue weighted by atomic mass is 16.3. The number of aromatic nitrogens is 2. The fourth-order valence-corrected chi connectivity index (χ4v) is 2.48. The van der Waals surface area contributed by atoms with Gasteiger partial charge in [-0.15, -0.1) is 0 Å². The van der Waals surface area contributed by atoms with Gasteiger partial charge in [0, 0.05) is 37.7 Å². The highest BCUT2D eigenvalue weighted by molar-refractivity contribution is 5.01. The van der Waals surface area contributed by atoms with Gasteiger partial charge in [0.1, 0.15) is 0 Å². The molecule has 1 aromatic heterocycles. The predicted molar refractivity (Wildman–Crippen MR) is 70.1 cm³/mol. The first-order chi connectivity index (χ1) is 8.81. The number of aliphatic hydroxyl groups excluding tert-OH is 1. The lowest BCUT2D eigenvalue weighted by Gasteiger charge is -2.30. The number of nitrogens with zero attached hydrogens (tertiary/aromatic N) is 3. The van der Waals surface area contributed by atoms with Crippen LogP contribution in [0.4, 0.5) is 0 Å². The zero-order chi connectivity index (χ0) is 12.8. The van der Waals surface area contributed by atoms with Crippen molar-refractivity contribution in [3.63, 3.8) is 0 Å². The minimum Gasteiger partial charge on any atom is -0.395 e. The Morgan fingerprint density at radius 1 is 1.56 bits per heavy atom. The Bertz CT molecular complexity index is 340. The zero-order valence-electron chi connectivity index (χ0n) is 10.9. The summed E-state index contributed by atoms with van der Waals surface area (Å²) in [4.78, 5) is 10.7. The highest BCUT2D eigenvalue weighted by Crippen LogP contribution is 2.18. The van der Waals surface area contributed by atoms with Crippen LogP contribution in [0.1, 0.15) is 31.5 Å². The molecule has 0 spiro atoms. The van der Waals surface area contributed by atoms with Crippen LogP contribution >= 0.6 is 0 Å². The number of aliphatic hydroxyl groups is 1. The van der Waals surface area contributed by atoms with Crippen molar-refractivity contribution < 1.29 is 5.11 Å². The maximum atomic E-state index is 9.21. The molecular weight excluding hydrogens is 228 g/mol. The van der Waals surface area contributed by atoms with Gasteiger partial charge in [0.15, 0.2) is 0 Å². The number of rotatable bonds is 6. The quantitative estimate of drug-likeness (QED) is 0.773. The van der Waals surface area contributed by atoms with Crippen molar-refractivity contribution in [3.8, 4) is 0 Å². The minimum atomic E-state index is 0.178. The first kappa shape index (κ1) is 13.4. The molecule has 2 atom stereocenters. The third-order valence-electron chi connectivity index (χ3n) is 3.56. The molecular formula is C13H22N4O. The normalized spacial score (nSPS) is 21.4. The SMILES string of the molecule is CC(c1cnccn1)N(CCO)CC1CCCN1. The van der Waals surface area contributed by atoms with E-state index in [1.165, 1.54) is 12.8 Å². The number of hydrogen-bond acceptors (Lipinski definition) is 5. The van der Waals surface area contributed by atoms with Crippen LogP contribution in [-0.4, -0.2) is 52.3 Å². The summed E-state index contributed by atoms with van der Waals surface area (Å²) in [6, 6.07) is 0.726. The van der Waals surface area contributed by atoms with Gasteiger partial charge in [-0.25, -0.2) is 0 Å². The molecule has 0 saturated carbocycles. The Hall–Kier alpha value is -1.04. The molecule has 2 N–H and O–H groups in total. The van der Waals surface area contributed by atoms with Crippen molar-refractivity contribution in [2.45, 2.75) is 31.8 Å². The molecule has 0 bridgehead atoms. The minimum absolute atomic E-state index is 0.178. The topological polar surface area (TPSA) is 61.3 Å². The molecule has 2 heterocycles. The van der Waals surface area contributed by atoms with Gasteiger partial charge in [-0.1, -0.05) is 0 Å². The third-order valence-corrected chi connectivity index (χ3v) is 3.56. The van der Waals surface area contributed by atoms with Crippen LogP contribution in [0.2, 0.25) is 0 Å². The van der Waals surface area contributed by atoms with E-state index >= 15 is 0 Å². The average molecular weight is 250 g/mol. The predicted octanol–water partition coefficient (Wildman–Crippen LogP) is 0.584. The van der Waals surface area contributed by atoms with E-state index in [9.17, 15) is 5.11 Å². The van der Waals surface area contributed by atoms with E-state index in [0.29, 0.717) is 12.6 Å². The second-order valence-corrected chi connectivity index (χ2v) is 4.82. The second-order valence-electron chi connectivity index (χ2n) is 4.82. The molecule has 1 aromatic rings. The van der Waals surface area contributed by atoms with Crippen molar-refractivity contribution in [2.75, 3.05) is 26.2 Å². The van der Waals surface area contributed by atoms with E-state index < -0.39 is 0 Å². The van der Waals surface area contributed by atoms with E-state index in [1.54, 1.807) is 18.6 Å². The van der Waals surface area contributed by atoms with E-state index in [0.717, 1.165) is 18.8 Å². The molecule has 1 fully saturated rings. The van der Waals surface area contributed by atoms with Gasteiger partial charge in [-0.2, -0.15) is 0 Å². The largest absolute Gasteiger partial charge is 0.395 e. The van der Waals surface area contributed by atoms with Crippen molar-refractivity contribution in [2.24, 2.45) is 0 Å². The molecule has 5 nitrogen and oxygen atoms in total. The number of hydrogen-bond donors (Lipinski definition) is 2. The molecule has 18 heavy (non-hydrogen) atoms. The summed E-state index contributed by atoms with van der Waals surface area (Å²) in [5, 5.41) is 12.7. The molecule has 5 heteroatoms. The van der Waals surface area contributed by atoms with E-state index in [2.05, 4.69) is 27.1 Å². The van der Waals surface area contributed by atoms with Gasteiger partial charge in [0.2, 0.25) is 0 Å². The van der Waals surface area contributed by atoms with E-state index in [-0.39, 0.29) is 12.6 Å². The number of nitrogens with one attached hydrogen (secondary N) is 1. The van der Waals surface area contributed by atoms with Gasteiger partial charge in [-0.3, -0.25) is 14.9 Å². The summed E-state index contributed by atoms with van der Waals surface area (Å²) >= 11 is 0. The van der Waals surface area contributed by atoms with Crippen LogP contribution in [0, 0.1) is 0 Å². The second kappa shape index (κ2) is 6.78. The standard InChI is InChI=1S/C13H22N4O/c1-11(13-9-14-5-6-16-13)17(7-8-18)10-12-3-2-4-15-12/h5-6,9,11-12,15,18H,2-4,7-8,10H2,1H3. The van der Waals surface area contributed by atoms with Crippen LogP contribution < -0.4 is 5.32 Å². The van der Waals surface area contributed by atoms with Gasteiger partial charge in [0.25, 0.3) is 0 Å². The molecule has 0 amide bonds. The van der Waals surface area contributed by atoms with Crippen molar-refractivity contribution >= 4 is 0 Å². The fourth-order valence-electron chi connectivity index (χ4n) is 2.48. The van der Waals surface area contributed by atoms with E-state index in [1.807, 2.05) is 0 Å². The van der Waals surface area contributed by atoms with Crippen molar-refractivity contribution in [3.05, 3.63) is 24.3 Å². The molecule has 100 valence electrons. The van der Waals surface area contributed by atoms with Gasteiger partial charge in [0.05, 0.1) is 18.3 Å². The summed E-state index contributed by atoms with van der Waals surface area (Å²) in [5.74, 6) is 0. The maximum Gasteiger partial charge on any atom is 0.0755 e. The smallest absolute Gasteiger partial charge is 0.0755 e. The Labute approximate surface area is 108 Å². The van der Waals surface area contributed by atoms with Crippen LogP contribution in [0.15, 0.2) is 18.6 Å². The lowest BCUT2D eigenvalue weighted by molar-refractivity contribution is 0.145. The summed E-state index contributed by atoms with van der Waals surface area (Å²) in [7, 11) is 0.